The molecule has 1 unspecified atom stereocenters. The first-order valence-corrected chi connectivity index (χ1v) is 7.89. The van der Waals surface area contributed by atoms with Gasteiger partial charge in [0.15, 0.2) is 0 Å². The number of carboxylic acid groups (broad SMARTS) is 1. The molecule has 1 saturated heterocycles. The normalized spacial score (nSPS) is 20.6. The molecule has 19 heavy (non-hydrogen) atoms. The summed E-state index contributed by atoms with van der Waals surface area (Å²) in [4.78, 5) is 18.6. The van der Waals surface area contributed by atoms with E-state index in [0.29, 0.717) is 10.9 Å². The van der Waals surface area contributed by atoms with Crippen molar-refractivity contribution in [3.63, 3.8) is 0 Å². The van der Waals surface area contributed by atoms with Crippen molar-refractivity contribution in [1.29, 1.82) is 0 Å². The predicted octanol–water partition coefficient (Wildman–Crippen LogP) is 3.17. The van der Waals surface area contributed by atoms with Gasteiger partial charge in [-0.2, -0.15) is 0 Å². The van der Waals surface area contributed by atoms with Crippen molar-refractivity contribution >= 4 is 17.3 Å². The quantitative estimate of drug-likeness (QED) is 0.901. The van der Waals surface area contributed by atoms with Gasteiger partial charge in [0.1, 0.15) is 9.88 Å². The Kier molecular flexibility index (Phi) is 4.93. The molecule has 0 spiro atoms. The molecule has 0 aromatic carbocycles. The van der Waals surface area contributed by atoms with Crippen molar-refractivity contribution in [2.24, 2.45) is 0 Å². The second-order valence-corrected chi connectivity index (χ2v) is 6.34. The summed E-state index contributed by atoms with van der Waals surface area (Å²) in [5, 5.41) is 10.2. The van der Waals surface area contributed by atoms with Crippen LogP contribution in [0.4, 0.5) is 0 Å². The highest BCUT2D eigenvalue weighted by Gasteiger charge is 2.22. The molecular weight excluding hydrogens is 260 g/mol. The monoisotopic (exact) mass is 282 g/mol. The van der Waals surface area contributed by atoms with Crippen LogP contribution in [0.25, 0.3) is 0 Å². The van der Waals surface area contributed by atoms with Gasteiger partial charge in [-0.25, -0.2) is 9.78 Å². The van der Waals surface area contributed by atoms with Gasteiger partial charge in [-0.1, -0.05) is 19.8 Å². The highest BCUT2D eigenvalue weighted by Crippen LogP contribution is 2.24. The third kappa shape index (κ3) is 3.54. The predicted molar refractivity (Wildman–Crippen MR) is 76.8 cm³/mol. The summed E-state index contributed by atoms with van der Waals surface area (Å²) < 4.78 is 0. The van der Waals surface area contributed by atoms with Gasteiger partial charge in [-0.15, -0.1) is 11.3 Å². The molecule has 0 amide bonds. The Bertz CT molecular complexity index is 445. The lowest BCUT2D eigenvalue weighted by atomic mass is 10.0. The van der Waals surface area contributed by atoms with E-state index in [4.69, 9.17) is 0 Å². The SMILES string of the molecule is CCCc1nc(CN2CCCCC2C)sc1C(=O)O. The van der Waals surface area contributed by atoms with Crippen LogP contribution in [-0.2, 0) is 13.0 Å². The number of rotatable bonds is 5. The number of carbonyl (C=O) groups is 1. The van der Waals surface area contributed by atoms with Gasteiger partial charge in [0.25, 0.3) is 0 Å². The summed E-state index contributed by atoms with van der Waals surface area (Å²) in [6.07, 6.45) is 5.47. The van der Waals surface area contributed by atoms with Crippen LogP contribution in [0.3, 0.4) is 0 Å². The fraction of sp³-hybridized carbons (Fsp3) is 0.714. The number of aromatic carboxylic acids is 1. The van der Waals surface area contributed by atoms with Gasteiger partial charge in [0.2, 0.25) is 0 Å². The maximum Gasteiger partial charge on any atom is 0.347 e. The molecule has 0 saturated carbocycles. The fourth-order valence-corrected chi connectivity index (χ4v) is 3.58. The first kappa shape index (κ1) is 14.5. The average molecular weight is 282 g/mol. The van der Waals surface area contributed by atoms with Gasteiger partial charge in [-0.3, -0.25) is 4.90 Å². The van der Waals surface area contributed by atoms with Crippen LogP contribution in [0.2, 0.25) is 0 Å². The molecule has 4 nitrogen and oxygen atoms in total. The Hall–Kier alpha value is -0.940. The Morgan fingerprint density at radius 1 is 1.53 bits per heavy atom. The smallest absolute Gasteiger partial charge is 0.347 e. The highest BCUT2D eigenvalue weighted by atomic mass is 32.1. The van der Waals surface area contributed by atoms with Gasteiger partial charge >= 0.3 is 5.97 Å². The van der Waals surface area contributed by atoms with Crippen molar-refractivity contribution in [2.75, 3.05) is 6.54 Å². The highest BCUT2D eigenvalue weighted by molar-refractivity contribution is 7.13. The summed E-state index contributed by atoms with van der Waals surface area (Å²) in [6.45, 7) is 6.21. The maximum atomic E-state index is 11.2. The van der Waals surface area contributed by atoms with Crippen LogP contribution in [0.5, 0.6) is 0 Å². The minimum Gasteiger partial charge on any atom is -0.477 e. The van der Waals surface area contributed by atoms with Gasteiger partial charge < -0.3 is 5.11 Å². The van der Waals surface area contributed by atoms with E-state index in [9.17, 15) is 9.90 Å². The molecule has 5 heteroatoms. The number of piperidine rings is 1. The molecule has 1 aromatic heterocycles. The first-order chi connectivity index (χ1) is 9.11. The summed E-state index contributed by atoms with van der Waals surface area (Å²) in [5.74, 6) is -0.834. The van der Waals surface area contributed by atoms with E-state index in [0.717, 1.165) is 36.6 Å². The van der Waals surface area contributed by atoms with E-state index >= 15 is 0 Å². The van der Waals surface area contributed by atoms with E-state index in [-0.39, 0.29) is 0 Å². The molecular formula is C14H22N2O2S. The summed E-state index contributed by atoms with van der Waals surface area (Å²) in [6, 6.07) is 0.584. The molecule has 2 rings (SSSR count). The van der Waals surface area contributed by atoms with Crippen LogP contribution in [-0.4, -0.2) is 33.5 Å². The average Bonchev–Trinajstić information content (AvgIpc) is 2.76. The molecule has 1 aliphatic rings. The van der Waals surface area contributed by atoms with Crippen LogP contribution >= 0.6 is 11.3 Å². The van der Waals surface area contributed by atoms with Gasteiger partial charge in [-0.05, 0) is 32.7 Å². The lowest BCUT2D eigenvalue weighted by Gasteiger charge is -2.32. The lowest BCUT2D eigenvalue weighted by molar-refractivity contribution is 0.0700. The molecule has 0 aliphatic carbocycles. The first-order valence-electron chi connectivity index (χ1n) is 7.07. The maximum absolute atomic E-state index is 11.2. The Balaban J connectivity index is 2.11. The zero-order valence-corrected chi connectivity index (χ0v) is 12.5. The molecule has 2 heterocycles. The number of aromatic nitrogens is 1. The number of aryl methyl sites for hydroxylation is 1. The molecule has 1 aromatic rings. The van der Waals surface area contributed by atoms with E-state index in [2.05, 4.69) is 23.7 Å². The van der Waals surface area contributed by atoms with Crippen molar-refractivity contribution in [3.05, 3.63) is 15.6 Å². The second-order valence-electron chi connectivity index (χ2n) is 5.25. The third-order valence-electron chi connectivity index (χ3n) is 3.70. The number of hydrogen-bond donors (Lipinski definition) is 1. The van der Waals surface area contributed by atoms with Crippen molar-refractivity contribution in [2.45, 2.75) is 58.5 Å². The van der Waals surface area contributed by atoms with E-state index < -0.39 is 5.97 Å². The summed E-state index contributed by atoms with van der Waals surface area (Å²) in [5.41, 5.74) is 0.764. The molecule has 1 atom stereocenters. The number of nitrogens with zero attached hydrogens (tertiary/aromatic N) is 2. The molecule has 1 aliphatic heterocycles. The van der Waals surface area contributed by atoms with E-state index in [1.807, 2.05) is 0 Å². The Morgan fingerprint density at radius 2 is 2.32 bits per heavy atom. The summed E-state index contributed by atoms with van der Waals surface area (Å²) in [7, 11) is 0. The lowest BCUT2D eigenvalue weighted by Crippen LogP contribution is -2.36. The Morgan fingerprint density at radius 3 is 2.95 bits per heavy atom. The van der Waals surface area contributed by atoms with Gasteiger partial charge in [0.05, 0.1) is 12.2 Å². The topological polar surface area (TPSA) is 53.4 Å². The third-order valence-corrected chi connectivity index (χ3v) is 4.77. The number of carboxylic acids is 1. The van der Waals surface area contributed by atoms with Crippen molar-refractivity contribution < 1.29 is 9.90 Å². The molecule has 106 valence electrons. The minimum absolute atomic E-state index is 0.432. The van der Waals surface area contributed by atoms with E-state index in [1.165, 1.54) is 30.6 Å². The molecule has 1 N–H and O–H groups in total. The zero-order chi connectivity index (χ0) is 13.8. The number of hydrogen-bond acceptors (Lipinski definition) is 4. The minimum atomic E-state index is -0.834. The standard InChI is InChI=1S/C14H22N2O2S/c1-3-6-11-13(14(17)18)19-12(15-11)9-16-8-5-4-7-10(16)2/h10H,3-9H2,1-2H3,(H,17,18). The largest absolute Gasteiger partial charge is 0.477 e. The molecule has 0 radical (unpaired) electrons. The van der Waals surface area contributed by atoms with Crippen LogP contribution in [0.1, 0.15) is 59.9 Å². The fourth-order valence-electron chi connectivity index (χ4n) is 2.61. The van der Waals surface area contributed by atoms with Crippen LogP contribution < -0.4 is 0 Å². The van der Waals surface area contributed by atoms with Crippen LogP contribution in [0, 0.1) is 0 Å². The van der Waals surface area contributed by atoms with Gasteiger partial charge in [0, 0.05) is 6.04 Å². The Labute approximate surface area is 118 Å². The van der Waals surface area contributed by atoms with Crippen molar-refractivity contribution in [1.82, 2.24) is 9.88 Å². The van der Waals surface area contributed by atoms with Crippen molar-refractivity contribution in [3.8, 4) is 0 Å². The number of thiazole rings is 1. The number of likely N-dealkylation sites (tertiary alicyclic amines) is 1. The second kappa shape index (κ2) is 6.48. The van der Waals surface area contributed by atoms with Crippen LogP contribution in [0.15, 0.2) is 0 Å². The summed E-state index contributed by atoms with van der Waals surface area (Å²) >= 11 is 1.35. The molecule has 1 fully saturated rings. The molecule has 0 bridgehead atoms. The zero-order valence-electron chi connectivity index (χ0n) is 11.7. The van der Waals surface area contributed by atoms with E-state index in [1.54, 1.807) is 0 Å².